The Hall–Kier alpha value is -3.54. The van der Waals surface area contributed by atoms with Crippen molar-refractivity contribution in [2.24, 2.45) is 0 Å². The molecule has 5 nitrogen and oxygen atoms in total. The summed E-state index contributed by atoms with van der Waals surface area (Å²) < 4.78 is 30.4. The molecule has 0 aromatic heterocycles. The van der Waals surface area contributed by atoms with Gasteiger partial charge in [-0.2, -0.15) is 0 Å². The van der Waals surface area contributed by atoms with Gasteiger partial charge in [0.05, 0.1) is 32.4 Å². The molecule has 0 saturated carbocycles. The van der Waals surface area contributed by atoms with Crippen LogP contribution in [0.5, 0.6) is 17.2 Å². The van der Waals surface area contributed by atoms with Crippen molar-refractivity contribution in [3.05, 3.63) is 89.2 Å². The van der Waals surface area contributed by atoms with Crippen LogP contribution in [-0.2, 0) is 0 Å². The molecule has 1 amide bonds. The van der Waals surface area contributed by atoms with Crippen LogP contribution >= 0.6 is 0 Å². The molecule has 0 aliphatic rings. The van der Waals surface area contributed by atoms with Crippen LogP contribution < -0.4 is 19.5 Å². The lowest BCUT2D eigenvalue weighted by molar-refractivity contribution is 0.0939. The molecule has 0 saturated heterocycles. The van der Waals surface area contributed by atoms with Gasteiger partial charge in [-0.1, -0.05) is 30.3 Å². The monoisotopic (exact) mass is 409 g/mol. The third-order valence-corrected chi connectivity index (χ3v) is 4.66. The summed E-state index contributed by atoms with van der Waals surface area (Å²) in [6.07, 6.45) is 0. The zero-order valence-electron chi connectivity index (χ0n) is 17.1. The Morgan fingerprint density at radius 2 is 1.60 bits per heavy atom. The predicted octanol–water partition coefficient (Wildman–Crippen LogP) is 4.76. The Morgan fingerprint density at radius 3 is 2.23 bits per heavy atom. The molecule has 0 aliphatic carbocycles. The van der Waals surface area contributed by atoms with Crippen LogP contribution in [0.3, 0.4) is 0 Å². The molecule has 0 radical (unpaired) electrons. The molecule has 1 atom stereocenters. The van der Waals surface area contributed by atoms with Gasteiger partial charge >= 0.3 is 0 Å². The zero-order valence-corrected chi connectivity index (χ0v) is 17.1. The van der Waals surface area contributed by atoms with Gasteiger partial charge in [0.25, 0.3) is 5.91 Å². The molecule has 1 N–H and O–H groups in total. The van der Waals surface area contributed by atoms with E-state index in [0.717, 1.165) is 16.9 Å². The van der Waals surface area contributed by atoms with E-state index in [1.54, 1.807) is 38.5 Å². The molecule has 1 unspecified atom stereocenters. The van der Waals surface area contributed by atoms with Crippen LogP contribution in [0, 0.1) is 5.82 Å². The fourth-order valence-corrected chi connectivity index (χ4v) is 3.17. The average Bonchev–Trinajstić information content (AvgIpc) is 2.78. The highest BCUT2D eigenvalue weighted by molar-refractivity contribution is 5.95. The van der Waals surface area contributed by atoms with Gasteiger partial charge in [0.2, 0.25) is 0 Å². The Bertz CT molecular complexity index is 1000. The normalized spacial score (nSPS) is 11.5. The van der Waals surface area contributed by atoms with E-state index in [1.165, 1.54) is 12.1 Å². The SMILES string of the molecule is CCOc1ccc(C(NC(=O)c2ccccc2F)c2ccc(OC)c(OC)c2)cc1. The predicted molar refractivity (Wildman–Crippen MR) is 113 cm³/mol. The van der Waals surface area contributed by atoms with E-state index in [2.05, 4.69) is 5.32 Å². The maximum absolute atomic E-state index is 14.1. The summed E-state index contributed by atoms with van der Waals surface area (Å²) in [7, 11) is 3.10. The molecule has 0 bridgehead atoms. The number of hydrogen-bond acceptors (Lipinski definition) is 4. The van der Waals surface area contributed by atoms with Crippen LogP contribution in [0.2, 0.25) is 0 Å². The summed E-state index contributed by atoms with van der Waals surface area (Å²) in [5.41, 5.74) is 1.56. The highest BCUT2D eigenvalue weighted by atomic mass is 19.1. The molecule has 3 aromatic carbocycles. The van der Waals surface area contributed by atoms with E-state index in [1.807, 2.05) is 37.3 Å². The lowest BCUT2D eigenvalue weighted by Crippen LogP contribution is -2.30. The number of benzene rings is 3. The Labute approximate surface area is 175 Å². The first-order chi connectivity index (χ1) is 14.6. The number of carbonyl (C=O) groups excluding carboxylic acids is 1. The second kappa shape index (κ2) is 9.78. The zero-order chi connectivity index (χ0) is 21.5. The molecule has 0 heterocycles. The van der Waals surface area contributed by atoms with E-state index in [4.69, 9.17) is 14.2 Å². The largest absolute Gasteiger partial charge is 0.494 e. The van der Waals surface area contributed by atoms with Crippen molar-refractivity contribution in [3.8, 4) is 17.2 Å². The second-order valence-corrected chi connectivity index (χ2v) is 6.50. The first-order valence-electron chi connectivity index (χ1n) is 9.57. The van der Waals surface area contributed by atoms with E-state index < -0.39 is 17.8 Å². The average molecular weight is 409 g/mol. The van der Waals surface area contributed by atoms with Crippen molar-refractivity contribution in [3.63, 3.8) is 0 Å². The molecule has 30 heavy (non-hydrogen) atoms. The fraction of sp³-hybridized carbons (Fsp3) is 0.208. The van der Waals surface area contributed by atoms with E-state index in [-0.39, 0.29) is 5.56 Å². The van der Waals surface area contributed by atoms with Gasteiger partial charge in [0.1, 0.15) is 11.6 Å². The molecular formula is C24H24FNO4. The molecule has 3 aromatic rings. The lowest BCUT2D eigenvalue weighted by atomic mass is 9.97. The van der Waals surface area contributed by atoms with E-state index in [0.29, 0.717) is 18.1 Å². The number of carbonyl (C=O) groups is 1. The van der Waals surface area contributed by atoms with Crippen molar-refractivity contribution in [1.29, 1.82) is 0 Å². The Morgan fingerprint density at radius 1 is 0.933 bits per heavy atom. The molecule has 6 heteroatoms. The highest BCUT2D eigenvalue weighted by Gasteiger charge is 2.21. The van der Waals surface area contributed by atoms with Crippen molar-refractivity contribution in [2.75, 3.05) is 20.8 Å². The van der Waals surface area contributed by atoms with Gasteiger partial charge in [0, 0.05) is 0 Å². The highest BCUT2D eigenvalue weighted by Crippen LogP contribution is 2.33. The third kappa shape index (κ3) is 4.71. The maximum atomic E-state index is 14.1. The Balaban J connectivity index is 2.00. The van der Waals surface area contributed by atoms with Crippen LogP contribution in [0.15, 0.2) is 66.7 Å². The number of amides is 1. The van der Waals surface area contributed by atoms with Gasteiger partial charge < -0.3 is 19.5 Å². The third-order valence-electron chi connectivity index (χ3n) is 4.66. The molecule has 0 fully saturated rings. The summed E-state index contributed by atoms with van der Waals surface area (Å²) in [6.45, 7) is 2.47. The first-order valence-corrected chi connectivity index (χ1v) is 9.57. The number of methoxy groups -OCH3 is 2. The molecule has 0 aliphatic heterocycles. The van der Waals surface area contributed by atoms with Crippen LogP contribution in [0.1, 0.15) is 34.5 Å². The van der Waals surface area contributed by atoms with Crippen LogP contribution in [0.4, 0.5) is 4.39 Å². The quantitative estimate of drug-likeness (QED) is 0.583. The smallest absolute Gasteiger partial charge is 0.255 e. The van der Waals surface area contributed by atoms with Gasteiger partial charge in [-0.15, -0.1) is 0 Å². The minimum atomic E-state index is -0.576. The summed E-state index contributed by atoms with van der Waals surface area (Å²) in [5, 5.41) is 2.93. The molecule has 3 rings (SSSR count). The fourth-order valence-electron chi connectivity index (χ4n) is 3.17. The van der Waals surface area contributed by atoms with Crippen LogP contribution in [0.25, 0.3) is 0 Å². The lowest BCUT2D eigenvalue weighted by Gasteiger charge is -2.21. The van der Waals surface area contributed by atoms with Crippen molar-refractivity contribution >= 4 is 5.91 Å². The van der Waals surface area contributed by atoms with Crippen molar-refractivity contribution in [2.45, 2.75) is 13.0 Å². The number of nitrogens with one attached hydrogen (secondary N) is 1. The number of halogens is 1. The standard InChI is InChI=1S/C24H24FNO4/c1-4-30-18-12-9-16(10-13-18)23(17-11-14-21(28-2)22(15-17)29-3)26-24(27)19-7-5-6-8-20(19)25/h5-15,23H,4H2,1-3H3,(H,26,27). The summed E-state index contributed by atoms with van der Waals surface area (Å²) in [4.78, 5) is 12.8. The minimum Gasteiger partial charge on any atom is -0.494 e. The maximum Gasteiger partial charge on any atom is 0.255 e. The van der Waals surface area contributed by atoms with Crippen LogP contribution in [-0.4, -0.2) is 26.7 Å². The number of rotatable bonds is 8. The van der Waals surface area contributed by atoms with Gasteiger partial charge in [-0.05, 0) is 54.4 Å². The molecular weight excluding hydrogens is 385 g/mol. The van der Waals surface area contributed by atoms with E-state index >= 15 is 0 Å². The summed E-state index contributed by atoms with van der Waals surface area (Å²) >= 11 is 0. The van der Waals surface area contributed by atoms with Crippen molar-refractivity contribution < 1.29 is 23.4 Å². The summed E-state index contributed by atoms with van der Waals surface area (Å²) in [5.74, 6) is 0.750. The number of hydrogen-bond donors (Lipinski definition) is 1. The second-order valence-electron chi connectivity index (χ2n) is 6.50. The summed E-state index contributed by atoms with van der Waals surface area (Å²) in [6, 6.07) is 18.2. The van der Waals surface area contributed by atoms with Gasteiger partial charge in [-0.25, -0.2) is 4.39 Å². The van der Waals surface area contributed by atoms with Crippen molar-refractivity contribution in [1.82, 2.24) is 5.32 Å². The topological polar surface area (TPSA) is 56.8 Å². The number of ether oxygens (including phenoxy) is 3. The Kier molecular flexibility index (Phi) is 6.91. The minimum absolute atomic E-state index is 0.0195. The first kappa shape index (κ1) is 21.2. The van der Waals surface area contributed by atoms with E-state index in [9.17, 15) is 9.18 Å². The molecule has 0 spiro atoms. The van der Waals surface area contributed by atoms with Gasteiger partial charge in [-0.3, -0.25) is 4.79 Å². The molecule has 156 valence electrons. The van der Waals surface area contributed by atoms with Gasteiger partial charge in [0.15, 0.2) is 11.5 Å².